The summed E-state index contributed by atoms with van der Waals surface area (Å²) in [4.78, 5) is 22.6. The Labute approximate surface area is 117 Å². The highest BCUT2D eigenvalue weighted by Crippen LogP contribution is 2.22. The van der Waals surface area contributed by atoms with Gasteiger partial charge in [0.2, 0.25) is 0 Å². The van der Waals surface area contributed by atoms with Gasteiger partial charge in [0.1, 0.15) is 18.8 Å². The molecule has 0 amide bonds. The zero-order valence-corrected chi connectivity index (χ0v) is 11.8. The Morgan fingerprint density at radius 2 is 2.00 bits per heavy atom. The molecular weight excluding hydrogens is 268 g/mol. The van der Waals surface area contributed by atoms with Gasteiger partial charge in [-0.2, -0.15) is 0 Å². The lowest BCUT2D eigenvalue weighted by Crippen LogP contribution is -2.17. The Morgan fingerprint density at radius 1 is 1.26 bits per heavy atom. The van der Waals surface area contributed by atoms with Crippen molar-refractivity contribution in [2.45, 2.75) is 26.7 Å². The van der Waals surface area contributed by atoms with Crippen molar-refractivity contribution >= 4 is 23.4 Å². The lowest BCUT2D eigenvalue weighted by Gasteiger charge is -2.08. The van der Waals surface area contributed by atoms with E-state index in [0.29, 0.717) is 10.8 Å². The molecule has 0 heterocycles. The van der Waals surface area contributed by atoms with Crippen LogP contribution in [0.25, 0.3) is 0 Å². The van der Waals surface area contributed by atoms with Gasteiger partial charge in [0.05, 0.1) is 6.61 Å². The number of benzene rings is 1. The molecule has 19 heavy (non-hydrogen) atoms. The number of carbonyl (C=O) groups excluding carboxylic acids is 2. The van der Waals surface area contributed by atoms with Crippen LogP contribution in [0.5, 0.6) is 5.75 Å². The molecule has 0 aromatic heterocycles. The highest BCUT2D eigenvalue weighted by Gasteiger charge is 2.11. The van der Waals surface area contributed by atoms with Crippen molar-refractivity contribution < 1.29 is 19.1 Å². The predicted octanol–water partition coefficient (Wildman–Crippen LogP) is 2.80. The van der Waals surface area contributed by atoms with Crippen molar-refractivity contribution in [2.75, 3.05) is 13.2 Å². The topological polar surface area (TPSA) is 52.6 Å². The first-order valence-electron chi connectivity index (χ1n) is 6.15. The van der Waals surface area contributed by atoms with E-state index >= 15 is 0 Å². The molecule has 0 spiro atoms. The van der Waals surface area contributed by atoms with Crippen LogP contribution in [0, 0.1) is 0 Å². The van der Waals surface area contributed by atoms with Gasteiger partial charge in [0.25, 0.3) is 0 Å². The Hall–Kier alpha value is -1.55. The number of rotatable bonds is 7. The van der Waals surface area contributed by atoms with E-state index in [4.69, 9.17) is 16.3 Å². The second-order valence-electron chi connectivity index (χ2n) is 3.92. The van der Waals surface area contributed by atoms with E-state index in [1.807, 2.05) is 6.92 Å². The van der Waals surface area contributed by atoms with Crippen molar-refractivity contribution in [3.05, 3.63) is 28.8 Å². The van der Waals surface area contributed by atoms with Crippen molar-refractivity contribution in [1.29, 1.82) is 0 Å². The van der Waals surface area contributed by atoms with Crippen molar-refractivity contribution in [3.8, 4) is 5.75 Å². The maximum Gasteiger partial charge on any atom is 0.313 e. The predicted molar refractivity (Wildman–Crippen MR) is 72.6 cm³/mol. The summed E-state index contributed by atoms with van der Waals surface area (Å²) in [5.41, 5.74) is 0.956. The summed E-state index contributed by atoms with van der Waals surface area (Å²) >= 11 is 5.98. The number of Topliss-reactive ketones (excluding diaryl/α,β-unsaturated/α-hetero) is 1. The summed E-state index contributed by atoms with van der Waals surface area (Å²) in [6.45, 7) is 3.80. The van der Waals surface area contributed by atoms with Crippen molar-refractivity contribution in [1.82, 2.24) is 0 Å². The van der Waals surface area contributed by atoms with E-state index in [1.165, 1.54) is 0 Å². The molecule has 104 valence electrons. The van der Waals surface area contributed by atoms with Crippen LogP contribution >= 0.6 is 11.6 Å². The Morgan fingerprint density at radius 3 is 2.63 bits per heavy atom. The molecule has 0 fully saturated rings. The Balaban J connectivity index is 2.48. The molecule has 0 aliphatic rings. The van der Waals surface area contributed by atoms with E-state index in [-0.39, 0.29) is 25.4 Å². The fourth-order valence-electron chi connectivity index (χ4n) is 1.50. The van der Waals surface area contributed by atoms with Gasteiger partial charge < -0.3 is 9.47 Å². The molecule has 4 nitrogen and oxygen atoms in total. The number of halogens is 1. The van der Waals surface area contributed by atoms with Crippen LogP contribution in [0.4, 0.5) is 0 Å². The van der Waals surface area contributed by atoms with Gasteiger partial charge >= 0.3 is 5.97 Å². The smallest absolute Gasteiger partial charge is 0.313 e. The molecule has 0 radical (unpaired) electrons. The average molecular weight is 285 g/mol. The van der Waals surface area contributed by atoms with Crippen LogP contribution in [0.15, 0.2) is 18.2 Å². The van der Waals surface area contributed by atoms with Crippen LogP contribution in [-0.2, 0) is 20.7 Å². The van der Waals surface area contributed by atoms with Gasteiger partial charge in [-0.3, -0.25) is 9.59 Å². The number of aryl methyl sites for hydroxylation is 1. The number of ether oxygens (including phenoxy) is 2. The average Bonchev–Trinajstić information content (AvgIpc) is 2.38. The van der Waals surface area contributed by atoms with Gasteiger partial charge in [-0.05, 0) is 37.1 Å². The zero-order chi connectivity index (χ0) is 14.3. The van der Waals surface area contributed by atoms with Crippen molar-refractivity contribution in [3.63, 3.8) is 0 Å². The molecule has 5 heteroatoms. The number of hydrogen-bond acceptors (Lipinski definition) is 4. The summed E-state index contributed by atoms with van der Waals surface area (Å²) in [7, 11) is 0. The third-order valence-electron chi connectivity index (χ3n) is 2.44. The van der Waals surface area contributed by atoms with Gasteiger partial charge in [0.15, 0.2) is 5.78 Å². The number of esters is 1. The van der Waals surface area contributed by atoms with Gasteiger partial charge in [-0.25, -0.2) is 0 Å². The second-order valence-corrected chi connectivity index (χ2v) is 4.32. The first-order valence-corrected chi connectivity index (χ1v) is 6.53. The monoisotopic (exact) mass is 284 g/mol. The van der Waals surface area contributed by atoms with Crippen molar-refractivity contribution in [2.24, 2.45) is 0 Å². The van der Waals surface area contributed by atoms with E-state index < -0.39 is 5.97 Å². The molecule has 0 saturated heterocycles. The third-order valence-corrected chi connectivity index (χ3v) is 2.81. The molecule has 0 unspecified atom stereocenters. The maximum absolute atomic E-state index is 11.5. The van der Waals surface area contributed by atoms with Crippen LogP contribution in [0.2, 0.25) is 5.02 Å². The minimum atomic E-state index is -0.526. The normalized spacial score (nSPS) is 10.1. The minimum Gasteiger partial charge on any atom is -0.486 e. The highest BCUT2D eigenvalue weighted by atomic mass is 35.5. The fourth-order valence-corrected chi connectivity index (χ4v) is 1.75. The zero-order valence-electron chi connectivity index (χ0n) is 11.1. The van der Waals surface area contributed by atoms with Gasteiger partial charge in [0, 0.05) is 5.02 Å². The Kier molecular flexibility index (Phi) is 6.36. The molecule has 0 aliphatic carbocycles. The van der Waals surface area contributed by atoms with E-state index in [1.54, 1.807) is 25.1 Å². The molecule has 0 atom stereocenters. The molecule has 1 aromatic carbocycles. The molecule has 0 saturated carbocycles. The number of ketones is 1. The first-order chi connectivity index (χ1) is 9.06. The molecule has 0 aliphatic heterocycles. The van der Waals surface area contributed by atoms with E-state index in [9.17, 15) is 9.59 Å². The van der Waals surface area contributed by atoms with Crippen LogP contribution in [0.1, 0.15) is 25.8 Å². The lowest BCUT2D eigenvalue weighted by molar-refractivity contribution is -0.145. The standard InChI is InChI=1S/C14H17ClO4/c1-3-10-7-12(5-6-13(10)15)19-9-11(16)8-14(17)18-4-2/h5-7H,3-4,8-9H2,1-2H3. The molecule has 0 N–H and O–H groups in total. The fraction of sp³-hybridized carbons (Fsp3) is 0.429. The SMILES string of the molecule is CCOC(=O)CC(=O)COc1ccc(Cl)c(CC)c1. The Bertz CT molecular complexity index is 457. The van der Waals surface area contributed by atoms with Gasteiger partial charge in [-0.1, -0.05) is 18.5 Å². The highest BCUT2D eigenvalue weighted by molar-refractivity contribution is 6.31. The molecule has 1 aromatic rings. The summed E-state index contributed by atoms with van der Waals surface area (Å²) < 4.78 is 10.0. The molecule has 0 bridgehead atoms. The lowest BCUT2D eigenvalue weighted by atomic mass is 10.1. The summed E-state index contributed by atoms with van der Waals surface area (Å²) in [5.74, 6) is -0.272. The summed E-state index contributed by atoms with van der Waals surface area (Å²) in [6, 6.07) is 5.21. The van der Waals surface area contributed by atoms with Crippen LogP contribution in [-0.4, -0.2) is 25.0 Å². The largest absolute Gasteiger partial charge is 0.486 e. The number of hydrogen-bond donors (Lipinski definition) is 0. The first kappa shape index (κ1) is 15.5. The van der Waals surface area contributed by atoms with Crippen LogP contribution in [0.3, 0.4) is 0 Å². The quantitative estimate of drug-likeness (QED) is 0.571. The van der Waals surface area contributed by atoms with E-state index in [0.717, 1.165) is 12.0 Å². The van der Waals surface area contributed by atoms with Crippen LogP contribution < -0.4 is 4.74 Å². The molecular formula is C14H17ClO4. The van der Waals surface area contributed by atoms with Gasteiger partial charge in [-0.15, -0.1) is 0 Å². The van der Waals surface area contributed by atoms with E-state index in [2.05, 4.69) is 4.74 Å². The summed E-state index contributed by atoms with van der Waals surface area (Å²) in [6.07, 6.45) is 0.523. The number of carbonyl (C=O) groups is 2. The maximum atomic E-state index is 11.5. The second kappa shape index (κ2) is 7.79. The minimum absolute atomic E-state index is 0.149. The summed E-state index contributed by atoms with van der Waals surface area (Å²) in [5, 5.41) is 0.674. The third kappa shape index (κ3) is 5.30. The molecule has 1 rings (SSSR count).